The molecule has 142 valence electrons. The van der Waals surface area contributed by atoms with Gasteiger partial charge in [-0.05, 0) is 40.2 Å². The molecule has 0 bridgehead atoms. The fourth-order valence-corrected chi connectivity index (χ4v) is 4.06. The predicted molar refractivity (Wildman–Crippen MR) is 109 cm³/mol. The number of halogens is 1. The number of nitrogen functional groups attached to an aromatic ring is 1. The summed E-state index contributed by atoms with van der Waals surface area (Å²) in [6.45, 7) is 0. The summed E-state index contributed by atoms with van der Waals surface area (Å²) in [5.74, 6) is 6.33. The zero-order chi connectivity index (χ0) is 19.6. The highest BCUT2D eigenvalue weighted by atomic mass is 79.9. The number of hydrogen-bond donors (Lipinski definition) is 3. The van der Waals surface area contributed by atoms with Crippen LogP contribution in [0.25, 0.3) is 10.2 Å². The van der Waals surface area contributed by atoms with Crippen LogP contribution in [0.4, 0.5) is 10.8 Å². The molecule has 4 N–H and O–H groups in total. The lowest BCUT2D eigenvalue weighted by Gasteiger charge is -2.14. The highest BCUT2D eigenvalue weighted by Crippen LogP contribution is 2.39. The van der Waals surface area contributed by atoms with Crippen molar-refractivity contribution in [2.24, 2.45) is 5.84 Å². The van der Waals surface area contributed by atoms with Crippen molar-refractivity contribution in [3.8, 4) is 17.2 Å². The first-order valence-electron chi connectivity index (χ1n) is 7.68. The molecule has 0 saturated heterocycles. The van der Waals surface area contributed by atoms with Crippen molar-refractivity contribution in [2.45, 2.75) is 0 Å². The minimum absolute atomic E-state index is 0.317. The van der Waals surface area contributed by atoms with Gasteiger partial charge in [-0.1, -0.05) is 11.3 Å². The number of methoxy groups -OCH3 is 3. The molecule has 0 aliphatic rings. The normalized spacial score (nSPS) is 10.6. The van der Waals surface area contributed by atoms with Gasteiger partial charge in [0.25, 0.3) is 5.91 Å². The zero-order valence-corrected chi connectivity index (χ0v) is 17.2. The molecule has 10 heteroatoms. The lowest BCUT2D eigenvalue weighted by atomic mass is 10.1. The van der Waals surface area contributed by atoms with Crippen molar-refractivity contribution in [1.29, 1.82) is 0 Å². The second kappa shape index (κ2) is 7.99. The van der Waals surface area contributed by atoms with E-state index in [1.807, 2.05) is 6.07 Å². The Balaban J connectivity index is 1.94. The number of nitrogens with zero attached hydrogens (tertiary/aromatic N) is 1. The summed E-state index contributed by atoms with van der Waals surface area (Å²) in [7, 11) is 4.50. The molecule has 0 radical (unpaired) electrons. The molecule has 1 amide bonds. The maximum Gasteiger partial charge on any atom is 0.255 e. The largest absolute Gasteiger partial charge is 0.493 e. The van der Waals surface area contributed by atoms with E-state index in [4.69, 9.17) is 20.1 Å². The number of hydrazine groups is 1. The highest BCUT2D eigenvalue weighted by Gasteiger charge is 2.18. The molecule has 27 heavy (non-hydrogen) atoms. The van der Waals surface area contributed by atoms with Gasteiger partial charge in [0.15, 0.2) is 16.6 Å². The maximum absolute atomic E-state index is 12.7. The lowest BCUT2D eigenvalue weighted by Crippen LogP contribution is -2.12. The van der Waals surface area contributed by atoms with Gasteiger partial charge < -0.3 is 19.5 Å². The van der Waals surface area contributed by atoms with Crippen LogP contribution in [0.15, 0.2) is 28.7 Å². The van der Waals surface area contributed by atoms with E-state index in [1.54, 1.807) is 18.2 Å². The monoisotopic (exact) mass is 452 g/mol. The van der Waals surface area contributed by atoms with Gasteiger partial charge >= 0.3 is 0 Å². The van der Waals surface area contributed by atoms with Crippen LogP contribution in [0, 0.1) is 0 Å². The van der Waals surface area contributed by atoms with Crippen molar-refractivity contribution < 1.29 is 19.0 Å². The minimum Gasteiger partial charge on any atom is -0.493 e. The average molecular weight is 453 g/mol. The fourth-order valence-electron chi connectivity index (χ4n) is 2.54. The molecule has 0 aliphatic carbocycles. The summed E-state index contributed by atoms with van der Waals surface area (Å²) in [4.78, 5) is 17.1. The molecule has 3 aromatic rings. The van der Waals surface area contributed by atoms with E-state index in [-0.39, 0.29) is 5.91 Å². The number of thiazole rings is 1. The van der Waals surface area contributed by atoms with Crippen LogP contribution in [0.3, 0.4) is 0 Å². The Morgan fingerprint density at radius 3 is 2.33 bits per heavy atom. The number of fused-ring (bicyclic) bond motifs is 1. The molecule has 3 rings (SSSR count). The molecule has 0 aliphatic heterocycles. The Morgan fingerprint density at radius 1 is 1.11 bits per heavy atom. The Labute approximate surface area is 167 Å². The van der Waals surface area contributed by atoms with Crippen LogP contribution in [-0.2, 0) is 0 Å². The molecule has 0 fully saturated rings. The number of carbonyl (C=O) groups excluding carboxylic acids is 1. The van der Waals surface area contributed by atoms with Crippen molar-refractivity contribution in [3.05, 3.63) is 34.3 Å². The van der Waals surface area contributed by atoms with E-state index in [9.17, 15) is 4.79 Å². The summed E-state index contributed by atoms with van der Waals surface area (Å²) in [6, 6.07) is 6.79. The second-order valence-electron chi connectivity index (χ2n) is 5.34. The summed E-state index contributed by atoms with van der Waals surface area (Å²) in [5, 5.41) is 3.45. The van der Waals surface area contributed by atoms with Gasteiger partial charge in [-0.15, -0.1) is 0 Å². The Bertz CT molecular complexity index is 983. The van der Waals surface area contributed by atoms with Crippen LogP contribution in [0.2, 0.25) is 0 Å². The van der Waals surface area contributed by atoms with Crippen LogP contribution >= 0.6 is 27.3 Å². The third-order valence-corrected chi connectivity index (χ3v) is 5.29. The van der Waals surface area contributed by atoms with E-state index < -0.39 is 0 Å². The molecule has 2 aromatic carbocycles. The first kappa shape index (κ1) is 19.2. The molecule has 0 saturated carbocycles. The number of nitrogens with two attached hydrogens (primary N) is 1. The molecule has 1 heterocycles. The van der Waals surface area contributed by atoms with Crippen molar-refractivity contribution in [1.82, 2.24) is 4.98 Å². The van der Waals surface area contributed by atoms with Gasteiger partial charge in [0.1, 0.15) is 0 Å². The SMILES string of the molecule is COc1cc(C(=O)Nc2cc(Br)c3nc(NN)sc3c2)cc(OC)c1OC. The van der Waals surface area contributed by atoms with Crippen molar-refractivity contribution >= 4 is 54.2 Å². The first-order valence-corrected chi connectivity index (χ1v) is 9.29. The van der Waals surface area contributed by atoms with Crippen LogP contribution in [0.1, 0.15) is 10.4 Å². The van der Waals surface area contributed by atoms with Crippen LogP contribution in [0.5, 0.6) is 17.2 Å². The maximum atomic E-state index is 12.7. The van der Waals surface area contributed by atoms with E-state index in [0.29, 0.717) is 33.6 Å². The Hall–Kier alpha value is -2.56. The number of ether oxygens (including phenoxy) is 3. The standard InChI is InChI=1S/C17H17BrN4O4S/c1-24-11-4-8(5-12(25-2)15(11)26-3)16(23)20-9-6-10(18)14-13(7-9)27-17(21-14)22-19/h4-7H,19H2,1-3H3,(H,20,23)(H,21,22). The van der Waals surface area contributed by atoms with E-state index >= 15 is 0 Å². The predicted octanol–water partition coefficient (Wildman–Crippen LogP) is 3.62. The third kappa shape index (κ3) is 3.77. The number of benzene rings is 2. The van der Waals surface area contributed by atoms with Gasteiger partial charge in [-0.3, -0.25) is 10.2 Å². The molecular formula is C17H17BrN4O4S. The summed E-state index contributed by atoms with van der Waals surface area (Å²) < 4.78 is 17.5. The van der Waals surface area contributed by atoms with Crippen molar-refractivity contribution in [2.75, 3.05) is 32.1 Å². The first-order chi connectivity index (χ1) is 13.0. The van der Waals surface area contributed by atoms with E-state index in [0.717, 1.165) is 14.7 Å². The summed E-state index contributed by atoms with van der Waals surface area (Å²) in [5.41, 5.74) is 4.27. The third-order valence-electron chi connectivity index (χ3n) is 3.76. The van der Waals surface area contributed by atoms with Crippen LogP contribution in [-0.4, -0.2) is 32.2 Å². The average Bonchev–Trinajstić information content (AvgIpc) is 3.10. The molecule has 1 aromatic heterocycles. The fraction of sp³-hybridized carbons (Fsp3) is 0.176. The molecule has 0 atom stereocenters. The number of nitrogens with one attached hydrogen (secondary N) is 2. The topological polar surface area (TPSA) is 108 Å². The minimum atomic E-state index is -0.317. The quantitative estimate of drug-likeness (QED) is 0.387. The smallest absolute Gasteiger partial charge is 0.255 e. The van der Waals surface area contributed by atoms with E-state index in [2.05, 4.69) is 31.7 Å². The van der Waals surface area contributed by atoms with Gasteiger partial charge in [0, 0.05) is 15.7 Å². The number of rotatable bonds is 6. The zero-order valence-electron chi connectivity index (χ0n) is 14.8. The van der Waals surface area contributed by atoms with Gasteiger partial charge in [0.05, 0.1) is 31.5 Å². The highest BCUT2D eigenvalue weighted by molar-refractivity contribution is 9.10. The second-order valence-corrected chi connectivity index (χ2v) is 7.22. The van der Waals surface area contributed by atoms with Gasteiger partial charge in [-0.25, -0.2) is 10.8 Å². The van der Waals surface area contributed by atoms with Gasteiger partial charge in [-0.2, -0.15) is 0 Å². The van der Waals surface area contributed by atoms with Crippen LogP contribution < -0.4 is 30.8 Å². The molecule has 0 unspecified atom stereocenters. The summed E-state index contributed by atoms with van der Waals surface area (Å²) in [6.07, 6.45) is 0. The Kier molecular flexibility index (Phi) is 5.68. The number of amides is 1. The number of anilines is 2. The number of hydrogen-bond acceptors (Lipinski definition) is 8. The molecular weight excluding hydrogens is 436 g/mol. The van der Waals surface area contributed by atoms with Crippen molar-refractivity contribution in [3.63, 3.8) is 0 Å². The number of aromatic nitrogens is 1. The van der Waals surface area contributed by atoms with Gasteiger partial charge in [0.2, 0.25) is 5.75 Å². The summed E-state index contributed by atoms with van der Waals surface area (Å²) >= 11 is 4.85. The molecule has 0 spiro atoms. The van der Waals surface area contributed by atoms with E-state index in [1.165, 1.54) is 32.7 Å². The Morgan fingerprint density at radius 2 is 1.78 bits per heavy atom. The lowest BCUT2D eigenvalue weighted by molar-refractivity contribution is 0.102. The number of carbonyl (C=O) groups is 1. The molecule has 8 nitrogen and oxygen atoms in total.